The van der Waals surface area contributed by atoms with Gasteiger partial charge in [0, 0.05) is 51.7 Å². The predicted molar refractivity (Wildman–Crippen MR) is 109 cm³/mol. The molecule has 27 heavy (non-hydrogen) atoms. The van der Waals surface area contributed by atoms with E-state index in [-0.39, 0.29) is 5.91 Å². The maximum Gasteiger partial charge on any atom is 0.255 e. The standard InChI is InChI=1S/C21H29N5O/c1-3-9-26(10-4-2)21(27)18-15-19(17-22-16-18)24-11-13-25(14-12-24)20-7-5-6-8-23-20/h5-8,15-17H,3-4,9-14H2,1-2H3. The summed E-state index contributed by atoms with van der Waals surface area (Å²) in [5.74, 6) is 1.11. The van der Waals surface area contributed by atoms with E-state index in [0.717, 1.165) is 63.6 Å². The Morgan fingerprint density at radius 3 is 2.37 bits per heavy atom. The van der Waals surface area contributed by atoms with Crippen LogP contribution in [0.5, 0.6) is 0 Å². The van der Waals surface area contributed by atoms with Crippen LogP contribution in [0.2, 0.25) is 0 Å². The average Bonchev–Trinajstić information content (AvgIpc) is 2.74. The van der Waals surface area contributed by atoms with Crippen LogP contribution in [0.4, 0.5) is 11.5 Å². The van der Waals surface area contributed by atoms with Crippen molar-refractivity contribution in [1.82, 2.24) is 14.9 Å². The van der Waals surface area contributed by atoms with E-state index < -0.39 is 0 Å². The highest BCUT2D eigenvalue weighted by Gasteiger charge is 2.20. The van der Waals surface area contributed by atoms with Gasteiger partial charge in [-0.3, -0.25) is 9.78 Å². The van der Waals surface area contributed by atoms with Gasteiger partial charge in [0.25, 0.3) is 5.91 Å². The zero-order chi connectivity index (χ0) is 19.1. The minimum atomic E-state index is 0.0835. The molecule has 3 heterocycles. The van der Waals surface area contributed by atoms with Crippen molar-refractivity contribution in [2.75, 3.05) is 49.1 Å². The Morgan fingerprint density at radius 1 is 1.04 bits per heavy atom. The summed E-state index contributed by atoms with van der Waals surface area (Å²) in [7, 11) is 0. The number of hydrogen-bond donors (Lipinski definition) is 0. The van der Waals surface area contributed by atoms with Gasteiger partial charge in [-0.25, -0.2) is 4.98 Å². The second kappa shape index (κ2) is 9.35. The van der Waals surface area contributed by atoms with Gasteiger partial charge in [-0.2, -0.15) is 0 Å². The first-order chi connectivity index (χ1) is 13.2. The topological polar surface area (TPSA) is 52.6 Å². The van der Waals surface area contributed by atoms with Crippen LogP contribution in [0.25, 0.3) is 0 Å². The van der Waals surface area contributed by atoms with Gasteiger partial charge in [0.1, 0.15) is 5.82 Å². The lowest BCUT2D eigenvalue weighted by atomic mass is 10.2. The van der Waals surface area contributed by atoms with Crippen LogP contribution in [-0.2, 0) is 0 Å². The van der Waals surface area contributed by atoms with E-state index in [1.807, 2.05) is 41.6 Å². The minimum absolute atomic E-state index is 0.0835. The van der Waals surface area contributed by atoms with Gasteiger partial charge >= 0.3 is 0 Å². The molecule has 0 aromatic carbocycles. The SMILES string of the molecule is CCCN(CCC)C(=O)c1cncc(N2CCN(c3ccccn3)CC2)c1. The number of hydrogen-bond acceptors (Lipinski definition) is 5. The average molecular weight is 367 g/mol. The highest BCUT2D eigenvalue weighted by atomic mass is 16.2. The first-order valence-electron chi connectivity index (χ1n) is 9.88. The number of nitrogens with zero attached hydrogens (tertiary/aromatic N) is 5. The smallest absolute Gasteiger partial charge is 0.255 e. The van der Waals surface area contributed by atoms with E-state index in [1.54, 1.807) is 6.20 Å². The fourth-order valence-corrected chi connectivity index (χ4v) is 3.49. The van der Waals surface area contributed by atoms with E-state index in [2.05, 4.69) is 33.6 Å². The molecule has 6 nitrogen and oxygen atoms in total. The van der Waals surface area contributed by atoms with Crippen molar-refractivity contribution < 1.29 is 4.79 Å². The van der Waals surface area contributed by atoms with Crippen LogP contribution in [-0.4, -0.2) is 60.0 Å². The van der Waals surface area contributed by atoms with E-state index in [0.29, 0.717) is 5.56 Å². The first-order valence-corrected chi connectivity index (χ1v) is 9.88. The van der Waals surface area contributed by atoms with E-state index >= 15 is 0 Å². The molecule has 6 heteroatoms. The summed E-state index contributed by atoms with van der Waals surface area (Å²) >= 11 is 0. The Hall–Kier alpha value is -2.63. The quantitative estimate of drug-likeness (QED) is 0.753. The predicted octanol–water partition coefficient (Wildman–Crippen LogP) is 3.07. The van der Waals surface area contributed by atoms with Gasteiger partial charge in [-0.15, -0.1) is 0 Å². The molecule has 2 aromatic heterocycles. The normalized spacial score (nSPS) is 14.3. The van der Waals surface area contributed by atoms with E-state index in [4.69, 9.17) is 0 Å². The number of piperazine rings is 1. The number of carbonyl (C=O) groups is 1. The Balaban J connectivity index is 1.66. The maximum absolute atomic E-state index is 12.8. The van der Waals surface area contributed by atoms with E-state index in [1.165, 1.54) is 0 Å². The van der Waals surface area contributed by atoms with Gasteiger partial charge in [0.05, 0.1) is 17.4 Å². The van der Waals surface area contributed by atoms with Crippen molar-refractivity contribution in [1.29, 1.82) is 0 Å². The van der Waals surface area contributed by atoms with Gasteiger partial charge < -0.3 is 14.7 Å². The van der Waals surface area contributed by atoms with Crippen molar-refractivity contribution in [3.05, 3.63) is 48.4 Å². The van der Waals surface area contributed by atoms with Crippen LogP contribution in [0, 0.1) is 0 Å². The van der Waals surface area contributed by atoms with Crippen LogP contribution < -0.4 is 9.80 Å². The zero-order valence-electron chi connectivity index (χ0n) is 16.3. The Labute approximate surface area is 161 Å². The summed E-state index contributed by atoms with van der Waals surface area (Å²) in [6, 6.07) is 8.00. The Bertz CT molecular complexity index is 722. The summed E-state index contributed by atoms with van der Waals surface area (Å²) < 4.78 is 0. The maximum atomic E-state index is 12.8. The molecule has 0 radical (unpaired) electrons. The van der Waals surface area contributed by atoms with Crippen molar-refractivity contribution in [2.45, 2.75) is 26.7 Å². The number of pyridine rings is 2. The lowest BCUT2D eigenvalue weighted by Gasteiger charge is -2.36. The Morgan fingerprint density at radius 2 is 1.74 bits per heavy atom. The molecule has 0 bridgehead atoms. The summed E-state index contributed by atoms with van der Waals surface area (Å²) in [5.41, 5.74) is 1.70. The second-order valence-corrected chi connectivity index (χ2v) is 6.89. The lowest BCUT2D eigenvalue weighted by molar-refractivity contribution is 0.0755. The number of carbonyl (C=O) groups excluding carboxylic acids is 1. The molecule has 0 unspecified atom stereocenters. The van der Waals surface area contributed by atoms with Gasteiger partial charge in [-0.1, -0.05) is 19.9 Å². The van der Waals surface area contributed by atoms with Crippen molar-refractivity contribution in [2.24, 2.45) is 0 Å². The summed E-state index contributed by atoms with van der Waals surface area (Å²) in [5, 5.41) is 0. The molecule has 1 aliphatic rings. The summed E-state index contributed by atoms with van der Waals surface area (Å²) in [6.07, 6.45) is 7.31. The van der Waals surface area contributed by atoms with Crippen LogP contribution in [0.3, 0.4) is 0 Å². The van der Waals surface area contributed by atoms with Crippen LogP contribution >= 0.6 is 0 Å². The third kappa shape index (κ3) is 4.76. The highest BCUT2D eigenvalue weighted by Crippen LogP contribution is 2.20. The fourth-order valence-electron chi connectivity index (χ4n) is 3.49. The number of amides is 1. The first kappa shape index (κ1) is 19.1. The molecule has 0 aliphatic carbocycles. The molecule has 1 fully saturated rings. The Kier molecular flexibility index (Phi) is 6.63. The molecule has 0 N–H and O–H groups in total. The van der Waals surface area contributed by atoms with Crippen molar-refractivity contribution in [3.63, 3.8) is 0 Å². The van der Waals surface area contributed by atoms with Crippen LogP contribution in [0.1, 0.15) is 37.0 Å². The number of anilines is 2. The van der Waals surface area contributed by atoms with Gasteiger partial charge in [0.15, 0.2) is 0 Å². The van der Waals surface area contributed by atoms with Gasteiger partial charge in [0.2, 0.25) is 0 Å². The molecule has 144 valence electrons. The molecule has 1 amide bonds. The fraction of sp³-hybridized carbons (Fsp3) is 0.476. The third-order valence-electron chi connectivity index (χ3n) is 4.86. The summed E-state index contributed by atoms with van der Waals surface area (Å²) in [4.78, 5) is 28.2. The summed E-state index contributed by atoms with van der Waals surface area (Å²) in [6.45, 7) is 9.39. The number of rotatable bonds is 7. The molecule has 0 saturated carbocycles. The largest absolute Gasteiger partial charge is 0.367 e. The third-order valence-corrected chi connectivity index (χ3v) is 4.86. The monoisotopic (exact) mass is 367 g/mol. The van der Waals surface area contributed by atoms with Crippen molar-refractivity contribution >= 4 is 17.4 Å². The highest BCUT2D eigenvalue weighted by molar-refractivity contribution is 5.94. The minimum Gasteiger partial charge on any atom is -0.367 e. The van der Waals surface area contributed by atoms with Crippen LogP contribution in [0.15, 0.2) is 42.9 Å². The molecule has 0 spiro atoms. The zero-order valence-corrected chi connectivity index (χ0v) is 16.3. The number of aromatic nitrogens is 2. The molecule has 3 rings (SSSR count). The lowest BCUT2D eigenvalue weighted by Crippen LogP contribution is -2.47. The molecule has 2 aromatic rings. The molecular formula is C21H29N5O. The molecule has 0 atom stereocenters. The molecule has 1 saturated heterocycles. The van der Waals surface area contributed by atoms with E-state index in [9.17, 15) is 4.79 Å². The molecule has 1 aliphatic heterocycles. The second-order valence-electron chi connectivity index (χ2n) is 6.89. The van der Waals surface area contributed by atoms with Crippen molar-refractivity contribution in [3.8, 4) is 0 Å². The van der Waals surface area contributed by atoms with Gasteiger partial charge in [-0.05, 0) is 31.0 Å². The molecular weight excluding hydrogens is 338 g/mol.